The van der Waals surface area contributed by atoms with E-state index in [0.717, 1.165) is 5.56 Å². The number of halogens is 3. The molecule has 2 aliphatic rings. The zero-order chi connectivity index (χ0) is 20.1. The van der Waals surface area contributed by atoms with E-state index in [9.17, 15) is 9.59 Å². The summed E-state index contributed by atoms with van der Waals surface area (Å²) >= 11 is 19.5. The fraction of sp³-hybridized carbons (Fsp3) is 0.353. The van der Waals surface area contributed by atoms with Crippen LogP contribution in [0.15, 0.2) is 18.3 Å². The first kappa shape index (κ1) is 19.6. The average Bonchev–Trinajstić information content (AvgIpc) is 3.35. The quantitative estimate of drug-likeness (QED) is 0.658. The van der Waals surface area contributed by atoms with Gasteiger partial charge in [0.15, 0.2) is 5.13 Å². The van der Waals surface area contributed by atoms with Gasteiger partial charge in [-0.25, -0.2) is 14.6 Å². The number of urea groups is 1. The number of thiazole rings is 1. The molecule has 1 atom stereocenters. The van der Waals surface area contributed by atoms with Crippen LogP contribution in [0.1, 0.15) is 12.0 Å². The van der Waals surface area contributed by atoms with E-state index in [0.29, 0.717) is 51.3 Å². The Morgan fingerprint density at radius 2 is 2.00 bits per heavy atom. The molecule has 1 fully saturated rings. The number of hydrogen-bond acceptors (Lipinski definition) is 5. The first-order chi connectivity index (χ1) is 13.3. The second-order valence-corrected chi connectivity index (χ2v) is 9.17. The van der Waals surface area contributed by atoms with Crippen LogP contribution in [0.4, 0.5) is 20.4 Å². The third-order valence-electron chi connectivity index (χ3n) is 5.08. The molecule has 3 heterocycles. The van der Waals surface area contributed by atoms with Gasteiger partial charge in [0.2, 0.25) is 0 Å². The molecule has 1 aromatic heterocycles. The van der Waals surface area contributed by atoms with Crippen molar-refractivity contribution in [1.29, 1.82) is 0 Å². The van der Waals surface area contributed by atoms with E-state index >= 15 is 0 Å². The van der Waals surface area contributed by atoms with Gasteiger partial charge < -0.3 is 9.64 Å². The zero-order valence-corrected chi connectivity index (χ0v) is 17.8. The Morgan fingerprint density at radius 3 is 2.68 bits per heavy atom. The predicted octanol–water partition coefficient (Wildman–Crippen LogP) is 4.87. The van der Waals surface area contributed by atoms with Crippen LogP contribution in [0, 0.1) is 0 Å². The summed E-state index contributed by atoms with van der Waals surface area (Å²) < 4.78 is 5.33. The molecule has 4 rings (SSSR count). The first-order valence-electron chi connectivity index (χ1n) is 8.35. The van der Waals surface area contributed by atoms with Gasteiger partial charge in [0.25, 0.3) is 0 Å². The molecule has 0 unspecified atom stereocenters. The number of rotatable bonds is 1. The second-order valence-electron chi connectivity index (χ2n) is 6.69. The summed E-state index contributed by atoms with van der Waals surface area (Å²) in [5, 5.41) is 3.93. The number of nitrogens with zero attached hydrogens (tertiary/aromatic N) is 3. The van der Waals surface area contributed by atoms with E-state index in [2.05, 4.69) is 10.3 Å². The third-order valence-corrected chi connectivity index (χ3v) is 6.84. The Morgan fingerprint density at radius 1 is 1.25 bits per heavy atom. The summed E-state index contributed by atoms with van der Waals surface area (Å²) in [4.78, 5) is 32.2. The van der Waals surface area contributed by atoms with Crippen LogP contribution >= 0.6 is 46.1 Å². The number of ether oxygens (including phenoxy) is 1. The molecule has 0 aliphatic carbocycles. The highest BCUT2D eigenvalue weighted by molar-refractivity contribution is 7.19. The highest BCUT2D eigenvalue weighted by Gasteiger charge is 2.50. The van der Waals surface area contributed by atoms with Gasteiger partial charge in [0.1, 0.15) is 4.34 Å². The largest absolute Gasteiger partial charge is 0.453 e. The lowest BCUT2D eigenvalue weighted by atomic mass is 9.81. The van der Waals surface area contributed by atoms with Gasteiger partial charge in [0, 0.05) is 25.0 Å². The van der Waals surface area contributed by atoms with Crippen molar-refractivity contribution in [3.63, 3.8) is 0 Å². The van der Waals surface area contributed by atoms with Crippen molar-refractivity contribution in [2.75, 3.05) is 37.0 Å². The highest BCUT2D eigenvalue weighted by atomic mass is 35.5. The van der Waals surface area contributed by atoms with Crippen LogP contribution in [0.2, 0.25) is 14.4 Å². The second kappa shape index (κ2) is 7.26. The van der Waals surface area contributed by atoms with Gasteiger partial charge in [-0.1, -0.05) is 46.1 Å². The number of carbonyl (C=O) groups is 2. The Balaban J connectivity index is 1.68. The molecule has 11 heteroatoms. The molecule has 0 radical (unpaired) electrons. The zero-order valence-electron chi connectivity index (χ0n) is 14.7. The van der Waals surface area contributed by atoms with Gasteiger partial charge in [-0.05, 0) is 24.1 Å². The third kappa shape index (κ3) is 3.28. The van der Waals surface area contributed by atoms with Crippen molar-refractivity contribution in [1.82, 2.24) is 9.88 Å². The number of methoxy groups -OCH3 is 1. The standard InChI is InChI=1S/C17H15Cl3N4O3S/c1-27-16(26)23-3-2-17(7-23)8-24(12-5-11(19)10(18)4-9(12)17)15(25)22-14-21-6-13(20)28-14/h4-6H,2-3,7-8H2,1H3,(H,21,22,25)/t17-/m1/s1. The Labute approximate surface area is 180 Å². The number of carbonyl (C=O) groups excluding carboxylic acids is 2. The Hall–Kier alpha value is -1.74. The lowest BCUT2D eigenvalue weighted by molar-refractivity contribution is 0.131. The summed E-state index contributed by atoms with van der Waals surface area (Å²) in [6, 6.07) is 3.12. The number of nitrogens with one attached hydrogen (secondary N) is 1. The first-order valence-corrected chi connectivity index (χ1v) is 10.3. The van der Waals surface area contributed by atoms with Crippen LogP contribution in [0.3, 0.4) is 0 Å². The van der Waals surface area contributed by atoms with Gasteiger partial charge in [-0.15, -0.1) is 0 Å². The van der Waals surface area contributed by atoms with Gasteiger partial charge in [-0.2, -0.15) is 0 Å². The summed E-state index contributed by atoms with van der Waals surface area (Å²) in [6.45, 7) is 1.35. The molecule has 2 aromatic rings. The monoisotopic (exact) mass is 460 g/mol. The number of fused-ring (bicyclic) bond motifs is 2. The molecule has 1 N–H and O–H groups in total. The van der Waals surface area contributed by atoms with Gasteiger partial charge in [0.05, 0.1) is 29.0 Å². The van der Waals surface area contributed by atoms with E-state index < -0.39 is 5.41 Å². The highest BCUT2D eigenvalue weighted by Crippen LogP contribution is 2.49. The van der Waals surface area contributed by atoms with Gasteiger partial charge in [-0.3, -0.25) is 10.2 Å². The Bertz CT molecular complexity index is 969. The van der Waals surface area contributed by atoms with Crippen LogP contribution in [0.25, 0.3) is 0 Å². The molecule has 3 amide bonds. The molecule has 2 aliphatic heterocycles. The number of aromatic nitrogens is 1. The maximum absolute atomic E-state index is 13.0. The number of benzene rings is 1. The molecular weight excluding hydrogens is 447 g/mol. The SMILES string of the molecule is COC(=O)N1CC[C@@]2(C1)CN(C(=O)Nc1ncc(Cl)s1)c1cc(Cl)c(Cl)cc12. The minimum absolute atomic E-state index is 0.348. The van der Waals surface area contributed by atoms with Crippen molar-refractivity contribution in [3.8, 4) is 0 Å². The average molecular weight is 462 g/mol. The molecule has 1 spiro atoms. The van der Waals surface area contributed by atoms with Crippen LogP contribution in [-0.4, -0.2) is 48.8 Å². The molecular formula is C17H15Cl3N4O3S. The molecule has 1 aromatic carbocycles. The maximum atomic E-state index is 13.0. The molecule has 7 nitrogen and oxygen atoms in total. The number of amides is 3. The lowest BCUT2D eigenvalue weighted by Crippen LogP contribution is -2.41. The van der Waals surface area contributed by atoms with E-state index in [1.807, 2.05) is 0 Å². The van der Waals surface area contributed by atoms with Crippen LogP contribution < -0.4 is 10.2 Å². The van der Waals surface area contributed by atoms with Crippen LogP contribution in [0.5, 0.6) is 0 Å². The summed E-state index contributed by atoms with van der Waals surface area (Å²) in [7, 11) is 1.35. The molecule has 148 valence electrons. The van der Waals surface area contributed by atoms with Crippen molar-refractivity contribution in [2.45, 2.75) is 11.8 Å². The van der Waals surface area contributed by atoms with E-state index in [4.69, 9.17) is 39.5 Å². The van der Waals surface area contributed by atoms with Crippen LogP contribution in [-0.2, 0) is 10.2 Å². The van der Waals surface area contributed by atoms with Crippen molar-refractivity contribution in [2.24, 2.45) is 0 Å². The van der Waals surface area contributed by atoms with E-state index in [-0.39, 0.29) is 12.1 Å². The number of anilines is 2. The molecule has 0 saturated carbocycles. The van der Waals surface area contributed by atoms with E-state index in [1.165, 1.54) is 24.6 Å². The smallest absolute Gasteiger partial charge is 0.409 e. The molecule has 1 saturated heterocycles. The molecule has 28 heavy (non-hydrogen) atoms. The number of hydrogen-bond donors (Lipinski definition) is 1. The maximum Gasteiger partial charge on any atom is 0.409 e. The van der Waals surface area contributed by atoms with E-state index in [1.54, 1.807) is 21.9 Å². The Kier molecular flexibility index (Phi) is 5.07. The fourth-order valence-electron chi connectivity index (χ4n) is 3.82. The minimum Gasteiger partial charge on any atom is -0.453 e. The topological polar surface area (TPSA) is 74.8 Å². The predicted molar refractivity (Wildman–Crippen MR) is 110 cm³/mol. The minimum atomic E-state index is -0.435. The van der Waals surface area contributed by atoms with Crippen molar-refractivity contribution in [3.05, 3.63) is 38.3 Å². The molecule has 0 bridgehead atoms. The normalized spacial score (nSPS) is 20.6. The summed E-state index contributed by atoms with van der Waals surface area (Å²) in [5.41, 5.74) is 1.12. The summed E-state index contributed by atoms with van der Waals surface area (Å²) in [5.74, 6) is 0. The lowest BCUT2D eigenvalue weighted by Gasteiger charge is -2.25. The fourth-order valence-corrected chi connectivity index (χ4v) is 4.94. The van der Waals surface area contributed by atoms with Gasteiger partial charge >= 0.3 is 12.1 Å². The van der Waals surface area contributed by atoms with Crippen molar-refractivity contribution >= 4 is 69.1 Å². The van der Waals surface area contributed by atoms with Crippen molar-refractivity contribution < 1.29 is 14.3 Å². The summed E-state index contributed by atoms with van der Waals surface area (Å²) in [6.07, 6.45) is 1.77. The number of likely N-dealkylation sites (tertiary alicyclic amines) is 1.